The van der Waals surface area contributed by atoms with Crippen molar-refractivity contribution in [1.29, 1.82) is 0 Å². The Balaban J connectivity index is 1.91. The first-order valence-corrected chi connectivity index (χ1v) is 10.1. The van der Waals surface area contributed by atoms with E-state index in [1.165, 1.54) is 50.5 Å². The van der Waals surface area contributed by atoms with Crippen molar-refractivity contribution in [1.82, 2.24) is 0 Å². The van der Waals surface area contributed by atoms with E-state index >= 15 is 0 Å². The standard InChI is InChI=1S/C24H33F/c1-3-5-7-8-10-11-20-13-15-21(16-14-20)23-18-17-22(24(25)19-23)12-9-6-4-2/h13-19H,3-12H2,1-2H3. The van der Waals surface area contributed by atoms with Gasteiger partial charge in [0.05, 0.1) is 0 Å². The summed E-state index contributed by atoms with van der Waals surface area (Å²) >= 11 is 0. The molecule has 0 radical (unpaired) electrons. The second-order valence-electron chi connectivity index (χ2n) is 7.12. The van der Waals surface area contributed by atoms with Crippen LogP contribution in [0.1, 0.15) is 76.3 Å². The number of unbranched alkanes of at least 4 members (excludes halogenated alkanes) is 6. The van der Waals surface area contributed by atoms with Crippen LogP contribution in [0, 0.1) is 5.82 Å². The summed E-state index contributed by atoms with van der Waals surface area (Å²) in [7, 11) is 0. The van der Waals surface area contributed by atoms with Crippen LogP contribution >= 0.6 is 0 Å². The van der Waals surface area contributed by atoms with Crippen LogP contribution in [-0.4, -0.2) is 0 Å². The van der Waals surface area contributed by atoms with Crippen molar-refractivity contribution < 1.29 is 4.39 Å². The molecule has 0 bridgehead atoms. The normalized spacial score (nSPS) is 11.0. The molecule has 0 aliphatic heterocycles. The third-order valence-electron chi connectivity index (χ3n) is 4.96. The Morgan fingerprint density at radius 1 is 0.640 bits per heavy atom. The fourth-order valence-corrected chi connectivity index (χ4v) is 3.29. The van der Waals surface area contributed by atoms with Gasteiger partial charge in [-0.2, -0.15) is 0 Å². The number of halogens is 1. The molecule has 0 nitrogen and oxygen atoms in total. The van der Waals surface area contributed by atoms with Crippen molar-refractivity contribution in [3.05, 3.63) is 59.4 Å². The molecule has 0 fully saturated rings. The summed E-state index contributed by atoms with van der Waals surface area (Å²) in [6.07, 6.45) is 12.0. The molecule has 0 amide bonds. The first kappa shape index (κ1) is 19.7. The molecule has 0 heterocycles. The average Bonchev–Trinajstić information content (AvgIpc) is 2.63. The Morgan fingerprint density at radius 2 is 1.24 bits per heavy atom. The van der Waals surface area contributed by atoms with E-state index in [9.17, 15) is 4.39 Å². The van der Waals surface area contributed by atoms with Crippen LogP contribution in [0.2, 0.25) is 0 Å². The van der Waals surface area contributed by atoms with E-state index in [0.717, 1.165) is 36.0 Å². The maximum atomic E-state index is 14.3. The smallest absolute Gasteiger partial charge is 0.127 e. The summed E-state index contributed by atoms with van der Waals surface area (Å²) in [6, 6.07) is 14.4. The van der Waals surface area contributed by atoms with Gasteiger partial charge in [0.15, 0.2) is 0 Å². The van der Waals surface area contributed by atoms with E-state index in [-0.39, 0.29) is 5.82 Å². The van der Waals surface area contributed by atoms with Crippen LogP contribution in [-0.2, 0) is 12.8 Å². The first-order valence-electron chi connectivity index (χ1n) is 10.1. The highest BCUT2D eigenvalue weighted by Gasteiger charge is 2.05. The van der Waals surface area contributed by atoms with Crippen molar-refractivity contribution in [2.75, 3.05) is 0 Å². The van der Waals surface area contributed by atoms with Crippen LogP contribution in [0.3, 0.4) is 0 Å². The van der Waals surface area contributed by atoms with Gasteiger partial charge in [-0.05, 0) is 54.0 Å². The van der Waals surface area contributed by atoms with E-state index in [1.54, 1.807) is 6.07 Å². The number of rotatable bonds is 11. The Kier molecular flexibility index (Phi) is 8.72. The summed E-state index contributed by atoms with van der Waals surface area (Å²) in [5, 5.41) is 0. The number of aryl methyl sites for hydroxylation is 2. The minimum absolute atomic E-state index is 0.0615. The molecule has 0 N–H and O–H groups in total. The minimum Gasteiger partial charge on any atom is -0.207 e. The van der Waals surface area contributed by atoms with Crippen molar-refractivity contribution in [3.8, 4) is 11.1 Å². The number of benzene rings is 2. The van der Waals surface area contributed by atoms with Crippen LogP contribution in [0.15, 0.2) is 42.5 Å². The Hall–Kier alpha value is -1.63. The van der Waals surface area contributed by atoms with Gasteiger partial charge in [0.25, 0.3) is 0 Å². The van der Waals surface area contributed by atoms with Crippen molar-refractivity contribution in [3.63, 3.8) is 0 Å². The van der Waals surface area contributed by atoms with Crippen LogP contribution < -0.4 is 0 Å². The fourth-order valence-electron chi connectivity index (χ4n) is 3.29. The fraction of sp³-hybridized carbons (Fsp3) is 0.500. The first-order chi connectivity index (χ1) is 12.2. The third kappa shape index (κ3) is 6.65. The van der Waals surface area contributed by atoms with Crippen molar-refractivity contribution >= 4 is 0 Å². The summed E-state index contributed by atoms with van der Waals surface area (Å²) in [5.41, 5.74) is 4.32. The molecule has 0 aliphatic rings. The average molecular weight is 341 g/mol. The van der Waals surface area contributed by atoms with Gasteiger partial charge in [-0.1, -0.05) is 88.8 Å². The molecule has 0 unspecified atom stereocenters. The lowest BCUT2D eigenvalue weighted by molar-refractivity contribution is 0.599. The van der Waals surface area contributed by atoms with Gasteiger partial charge in [0, 0.05) is 0 Å². The van der Waals surface area contributed by atoms with E-state index in [2.05, 4.69) is 44.2 Å². The second-order valence-corrected chi connectivity index (χ2v) is 7.12. The lowest BCUT2D eigenvalue weighted by Crippen LogP contribution is -1.92. The maximum Gasteiger partial charge on any atom is 0.127 e. The summed E-state index contributed by atoms with van der Waals surface area (Å²) in [5.74, 6) is -0.0615. The van der Waals surface area contributed by atoms with Crippen molar-refractivity contribution in [2.24, 2.45) is 0 Å². The molecule has 2 aromatic carbocycles. The predicted molar refractivity (Wildman–Crippen MR) is 108 cm³/mol. The Labute approximate surface area is 153 Å². The van der Waals surface area contributed by atoms with Gasteiger partial charge in [-0.3, -0.25) is 0 Å². The van der Waals surface area contributed by atoms with E-state index in [4.69, 9.17) is 0 Å². The van der Waals surface area contributed by atoms with E-state index < -0.39 is 0 Å². The molecule has 1 heteroatoms. The van der Waals surface area contributed by atoms with Gasteiger partial charge in [-0.25, -0.2) is 4.39 Å². The maximum absolute atomic E-state index is 14.3. The van der Waals surface area contributed by atoms with Gasteiger partial charge in [0.1, 0.15) is 5.82 Å². The lowest BCUT2D eigenvalue weighted by Gasteiger charge is -2.08. The van der Waals surface area contributed by atoms with E-state index in [0.29, 0.717) is 0 Å². The molecule has 2 aromatic rings. The predicted octanol–water partition coefficient (Wildman–Crippen LogP) is 7.74. The molecule has 0 aliphatic carbocycles. The molecule has 0 aromatic heterocycles. The molecule has 0 atom stereocenters. The summed E-state index contributed by atoms with van der Waals surface area (Å²) in [4.78, 5) is 0. The number of hydrogen-bond donors (Lipinski definition) is 0. The monoisotopic (exact) mass is 340 g/mol. The third-order valence-corrected chi connectivity index (χ3v) is 4.96. The van der Waals surface area contributed by atoms with Gasteiger partial charge < -0.3 is 0 Å². The zero-order valence-electron chi connectivity index (χ0n) is 16.0. The molecule has 0 saturated heterocycles. The molecule has 0 saturated carbocycles. The zero-order chi connectivity index (χ0) is 17.9. The SMILES string of the molecule is CCCCCCCc1ccc(-c2ccc(CCCCC)c(F)c2)cc1. The Morgan fingerprint density at radius 3 is 1.92 bits per heavy atom. The highest BCUT2D eigenvalue weighted by molar-refractivity contribution is 5.64. The second kappa shape index (κ2) is 11.1. The Bertz CT molecular complexity index is 612. The van der Waals surface area contributed by atoms with Gasteiger partial charge in [0.2, 0.25) is 0 Å². The number of hydrogen-bond acceptors (Lipinski definition) is 0. The van der Waals surface area contributed by atoms with Gasteiger partial charge in [-0.15, -0.1) is 0 Å². The van der Waals surface area contributed by atoms with Gasteiger partial charge >= 0.3 is 0 Å². The molecule has 0 spiro atoms. The summed E-state index contributed by atoms with van der Waals surface area (Å²) in [6.45, 7) is 4.42. The molecule has 2 rings (SSSR count). The van der Waals surface area contributed by atoms with E-state index in [1.807, 2.05) is 6.07 Å². The molecule has 136 valence electrons. The zero-order valence-corrected chi connectivity index (χ0v) is 16.0. The lowest BCUT2D eigenvalue weighted by atomic mass is 9.98. The molecular formula is C24H33F. The minimum atomic E-state index is -0.0615. The van der Waals surface area contributed by atoms with Crippen LogP contribution in [0.25, 0.3) is 11.1 Å². The highest BCUT2D eigenvalue weighted by Crippen LogP contribution is 2.24. The quantitative estimate of drug-likeness (QED) is 0.367. The van der Waals surface area contributed by atoms with Crippen molar-refractivity contribution in [2.45, 2.75) is 78.1 Å². The molecule has 25 heavy (non-hydrogen) atoms. The summed E-state index contributed by atoms with van der Waals surface area (Å²) < 4.78 is 14.3. The van der Waals surface area contributed by atoms with Crippen LogP contribution in [0.5, 0.6) is 0 Å². The van der Waals surface area contributed by atoms with Crippen LogP contribution in [0.4, 0.5) is 4.39 Å². The largest absolute Gasteiger partial charge is 0.207 e. The topological polar surface area (TPSA) is 0 Å². The highest BCUT2D eigenvalue weighted by atomic mass is 19.1. The molecular weight excluding hydrogens is 307 g/mol.